The molecule has 0 aliphatic rings. The minimum absolute atomic E-state index is 0.0435. The van der Waals surface area contributed by atoms with Crippen LogP contribution < -0.4 is 16.6 Å². The number of carbonyl (C=O) groups is 1. The van der Waals surface area contributed by atoms with Gasteiger partial charge >= 0.3 is 5.69 Å². The number of hydrogen-bond donors (Lipinski definition) is 1. The average Bonchev–Trinajstić information content (AvgIpc) is 2.77. The van der Waals surface area contributed by atoms with Crippen molar-refractivity contribution in [3.8, 4) is 0 Å². The van der Waals surface area contributed by atoms with Gasteiger partial charge in [-0.05, 0) is 54.4 Å². The maximum absolute atomic E-state index is 13.2. The minimum Gasteiger partial charge on any atom is -0.324 e. The number of benzene rings is 1. The van der Waals surface area contributed by atoms with Crippen molar-refractivity contribution in [3.63, 3.8) is 0 Å². The Balaban J connectivity index is 1.74. The third-order valence-corrected chi connectivity index (χ3v) is 5.24. The summed E-state index contributed by atoms with van der Waals surface area (Å²) in [5, 5.41) is 3.26. The van der Waals surface area contributed by atoms with Gasteiger partial charge in [0, 0.05) is 29.3 Å². The lowest BCUT2D eigenvalue weighted by Gasteiger charge is -2.14. The lowest BCUT2D eigenvalue weighted by molar-refractivity contribution is -0.116. The maximum Gasteiger partial charge on any atom is 0.332 e. The number of amides is 1. The topological polar surface area (TPSA) is 98.9 Å². The number of anilines is 1. The number of nitrogens with one attached hydrogen (secondary N) is 1. The number of fused-ring (bicyclic) bond motifs is 1. The summed E-state index contributed by atoms with van der Waals surface area (Å²) in [7, 11) is 0. The molecule has 3 heterocycles. The number of halogens is 1. The molecule has 3 aromatic heterocycles. The average molecular weight is 436 g/mol. The highest BCUT2D eigenvalue weighted by molar-refractivity contribution is 6.31. The van der Waals surface area contributed by atoms with Crippen LogP contribution in [0.5, 0.6) is 0 Å². The normalized spacial score (nSPS) is 10.9. The molecule has 0 saturated carbocycles. The third-order valence-electron chi connectivity index (χ3n) is 4.83. The second-order valence-electron chi connectivity index (χ2n) is 7.00. The van der Waals surface area contributed by atoms with Gasteiger partial charge in [0.15, 0.2) is 5.52 Å². The van der Waals surface area contributed by atoms with Crippen LogP contribution in [-0.4, -0.2) is 25.0 Å². The van der Waals surface area contributed by atoms with E-state index in [0.29, 0.717) is 16.2 Å². The Bertz CT molecular complexity index is 1400. The highest BCUT2D eigenvalue weighted by Gasteiger charge is 2.16. The highest BCUT2D eigenvalue weighted by atomic mass is 35.5. The monoisotopic (exact) mass is 435 g/mol. The number of pyridine rings is 2. The van der Waals surface area contributed by atoms with Crippen molar-refractivity contribution in [3.05, 3.63) is 98.0 Å². The summed E-state index contributed by atoms with van der Waals surface area (Å²) in [5.74, 6) is -0.429. The fourth-order valence-electron chi connectivity index (χ4n) is 3.22. The van der Waals surface area contributed by atoms with E-state index in [2.05, 4.69) is 15.3 Å². The van der Waals surface area contributed by atoms with Crippen LogP contribution in [0.25, 0.3) is 11.0 Å². The van der Waals surface area contributed by atoms with Crippen molar-refractivity contribution in [1.29, 1.82) is 0 Å². The SMILES string of the molecule is Cc1ccc(NC(=O)Cn2c(=O)n(Cc3ccncc3)c(=O)c3ncccc32)cc1Cl. The second kappa shape index (κ2) is 8.53. The second-order valence-corrected chi connectivity index (χ2v) is 7.41. The van der Waals surface area contributed by atoms with Crippen LogP contribution >= 0.6 is 11.6 Å². The summed E-state index contributed by atoms with van der Waals surface area (Å²) in [6, 6.07) is 11.8. The van der Waals surface area contributed by atoms with E-state index in [1.54, 1.807) is 54.9 Å². The molecule has 1 amide bonds. The molecule has 1 aromatic carbocycles. The largest absolute Gasteiger partial charge is 0.332 e. The van der Waals surface area contributed by atoms with Gasteiger partial charge < -0.3 is 5.32 Å². The fourth-order valence-corrected chi connectivity index (χ4v) is 3.40. The van der Waals surface area contributed by atoms with Crippen molar-refractivity contribution in [2.24, 2.45) is 0 Å². The molecule has 0 bridgehead atoms. The van der Waals surface area contributed by atoms with Crippen LogP contribution in [0.4, 0.5) is 5.69 Å². The van der Waals surface area contributed by atoms with E-state index < -0.39 is 17.2 Å². The van der Waals surface area contributed by atoms with Gasteiger partial charge in [0.1, 0.15) is 6.54 Å². The number of carbonyl (C=O) groups excluding carboxylic acids is 1. The van der Waals surface area contributed by atoms with Crippen LogP contribution in [-0.2, 0) is 17.9 Å². The molecule has 0 aliphatic heterocycles. The van der Waals surface area contributed by atoms with Crippen LogP contribution in [0.3, 0.4) is 0 Å². The van der Waals surface area contributed by atoms with Crippen LogP contribution in [0.15, 0.2) is 70.6 Å². The Morgan fingerprint density at radius 2 is 1.84 bits per heavy atom. The summed E-state index contributed by atoms with van der Waals surface area (Å²) >= 11 is 6.12. The number of nitrogens with zero attached hydrogens (tertiary/aromatic N) is 4. The minimum atomic E-state index is -0.598. The molecule has 4 rings (SSSR count). The van der Waals surface area contributed by atoms with E-state index in [1.165, 1.54) is 10.8 Å². The molecule has 31 heavy (non-hydrogen) atoms. The molecule has 0 aliphatic carbocycles. The zero-order valence-corrected chi connectivity index (χ0v) is 17.3. The molecule has 4 aromatic rings. The standard InChI is InChI=1S/C22H18ClN5O3/c1-14-4-5-16(11-17(14)23)26-19(29)13-27-18-3-2-8-25-20(18)21(30)28(22(27)31)12-15-6-9-24-10-7-15/h2-11H,12-13H2,1H3,(H,26,29). The van der Waals surface area contributed by atoms with Gasteiger partial charge in [-0.1, -0.05) is 17.7 Å². The first kappa shape index (κ1) is 20.5. The molecule has 0 unspecified atom stereocenters. The summed E-state index contributed by atoms with van der Waals surface area (Å²) in [6.07, 6.45) is 4.64. The summed E-state index contributed by atoms with van der Waals surface area (Å²) < 4.78 is 2.32. The molecule has 9 heteroatoms. The van der Waals surface area contributed by atoms with Gasteiger partial charge in [-0.3, -0.25) is 23.7 Å². The van der Waals surface area contributed by atoms with E-state index in [1.807, 2.05) is 6.92 Å². The zero-order chi connectivity index (χ0) is 22.0. The van der Waals surface area contributed by atoms with Gasteiger partial charge in [-0.2, -0.15) is 0 Å². The molecular formula is C22H18ClN5O3. The number of aromatic nitrogens is 4. The Morgan fingerprint density at radius 3 is 2.58 bits per heavy atom. The Hall–Kier alpha value is -3.78. The molecule has 1 N–H and O–H groups in total. The van der Waals surface area contributed by atoms with Crippen molar-refractivity contribution in [2.45, 2.75) is 20.0 Å². The fraction of sp³-hybridized carbons (Fsp3) is 0.136. The smallest absolute Gasteiger partial charge is 0.324 e. The molecular weight excluding hydrogens is 418 g/mol. The van der Waals surface area contributed by atoms with E-state index in [4.69, 9.17) is 11.6 Å². The number of rotatable bonds is 5. The highest BCUT2D eigenvalue weighted by Crippen LogP contribution is 2.20. The Kier molecular flexibility index (Phi) is 5.64. The quantitative estimate of drug-likeness (QED) is 0.519. The first-order valence-electron chi connectivity index (χ1n) is 9.47. The van der Waals surface area contributed by atoms with Crippen molar-refractivity contribution < 1.29 is 4.79 Å². The van der Waals surface area contributed by atoms with Crippen molar-refractivity contribution in [2.75, 3.05) is 5.32 Å². The predicted molar refractivity (Wildman–Crippen MR) is 118 cm³/mol. The summed E-state index contributed by atoms with van der Waals surface area (Å²) in [5.41, 5.74) is 1.42. The molecule has 0 atom stereocenters. The van der Waals surface area contributed by atoms with Crippen LogP contribution in [0, 0.1) is 6.92 Å². The first-order valence-corrected chi connectivity index (χ1v) is 9.85. The zero-order valence-electron chi connectivity index (χ0n) is 16.6. The van der Waals surface area contributed by atoms with Crippen LogP contribution in [0.2, 0.25) is 5.02 Å². The number of aryl methyl sites for hydroxylation is 1. The number of hydrogen-bond acceptors (Lipinski definition) is 5. The third kappa shape index (κ3) is 4.24. The van der Waals surface area contributed by atoms with Gasteiger partial charge in [-0.15, -0.1) is 0 Å². The summed E-state index contributed by atoms with van der Waals surface area (Å²) in [4.78, 5) is 46.9. The Labute approximate surface area is 181 Å². The summed E-state index contributed by atoms with van der Waals surface area (Å²) in [6.45, 7) is 1.61. The van der Waals surface area contributed by atoms with E-state index in [9.17, 15) is 14.4 Å². The van der Waals surface area contributed by atoms with E-state index in [0.717, 1.165) is 15.7 Å². The van der Waals surface area contributed by atoms with Crippen LogP contribution in [0.1, 0.15) is 11.1 Å². The predicted octanol–water partition coefficient (Wildman–Crippen LogP) is 2.60. The molecule has 0 fully saturated rings. The molecule has 8 nitrogen and oxygen atoms in total. The molecule has 156 valence electrons. The van der Waals surface area contributed by atoms with Crippen molar-refractivity contribution in [1.82, 2.24) is 19.1 Å². The van der Waals surface area contributed by atoms with E-state index in [-0.39, 0.29) is 18.6 Å². The van der Waals surface area contributed by atoms with E-state index >= 15 is 0 Å². The first-order chi connectivity index (χ1) is 14.9. The molecule has 0 radical (unpaired) electrons. The van der Waals surface area contributed by atoms with Gasteiger partial charge in [0.05, 0.1) is 12.1 Å². The Morgan fingerprint density at radius 1 is 1.06 bits per heavy atom. The lowest BCUT2D eigenvalue weighted by atomic mass is 10.2. The van der Waals surface area contributed by atoms with Gasteiger partial charge in [-0.25, -0.2) is 9.78 Å². The van der Waals surface area contributed by atoms with Gasteiger partial charge in [0.2, 0.25) is 5.91 Å². The lowest BCUT2D eigenvalue weighted by Crippen LogP contribution is -2.42. The van der Waals surface area contributed by atoms with Gasteiger partial charge in [0.25, 0.3) is 5.56 Å². The maximum atomic E-state index is 13.2. The molecule has 0 saturated heterocycles. The molecule has 0 spiro atoms. The van der Waals surface area contributed by atoms with Crippen molar-refractivity contribution >= 4 is 34.2 Å².